The Kier molecular flexibility index (Phi) is 10.3. The van der Waals surface area contributed by atoms with Gasteiger partial charge in [0.05, 0.1) is 36.7 Å². The molecule has 1 unspecified atom stereocenters. The summed E-state index contributed by atoms with van der Waals surface area (Å²) >= 11 is 12.9. The number of amides is 1. The minimum absolute atomic E-state index is 0. The molecule has 0 aromatic heterocycles. The highest BCUT2D eigenvalue weighted by Gasteiger charge is 2.43. The Bertz CT molecular complexity index is 1300. The first-order valence-corrected chi connectivity index (χ1v) is 15.1. The predicted octanol–water partition coefficient (Wildman–Crippen LogP) is 5.09. The van der Waals surface area contributed by atoms with Gasteiger partial charge in [-0.1, -0.05) is 88.9 Å². The molecule has 2 aliphatic heterocycles. The maximum atomic E-state index is 13.2. The molecule has 3 nitrogen and oxygen atoms in total. The van der Waals surface area contributed by atoms with Crippen LogP contribution < -0.4 is 24.0 Å². The third-order valence-corrected chi connectivity index (χ3v) is 10.0. The number of carbonyl (C=O) groups is 1. The van der Waals surface area contributed by atoms with Crippen molar-refractivity contribution in [3.05, 3.63) is 105 Å². The lowest BCUT2D eigenvalue weighted by Crippen LogP contribution is -3.00. The molecule has 3 aromatic rings. The van der Waals surface area contributed by atoms with E-state index in [4.69, 9.17) is 23.2 Å². The molecule has 2 aliphatic rings. The minimum atomic E-state index is -0.140. The van der Waals surface area contributed by atoms with Crippen molar-refractivity contribution in [1.29, 1.82) is 0 Å². The smallest absolute Gasteiger partial charge is 0.222 e. The van der Waals surface area contributed by atoms with Gasteiger partial charge in [-0.2, -0.15) is 0 Å². The Labute approximate surface area is 267 Å². The lowest BCUT2D eigenvalue weighted by molar-refractivity contribution is -0.915. The molecule has 5 rings (SSSR count). The van der Waals surface area contributed by atoms with Gasteiger partial charge in [0.1, 0.15) is 0 Å². The standard InChI is InChI=1S/C34H41Cl2N2O.HI/c1-25-19-26(2)21-27(20-25)23-37-24-34(14-11-33(37)39,30-9-10-31(35)32(36)22-30)15-18-38(3)16-12-29(13-17-38)28-7-5-4-6-8-28;/h4-10,19-22,29H,11-18,23-24H2,1-3H3;1H/q+1;/p-1. The Morgan fingerprint density at radius 1 is 0.925 bits per heavy atom. The van der Waals surface area contributed by atoms with Gasteiger partial charge in [-0.05, 0) is 55.0 Å². The van der Waals surface area contributed by atoms with Gasteiger partial charge in [-0.3, -0.25) is 4.79 Å². The summed E-state index contributed by atoms with van der Waals surface area (Å²) in [4.78, 5) is 15.3. The molecule has 2 saturated heterocycles. The number of rotatable bonds is 7. The SMILES string of the molecule is Cc1cc(C)cc(CN2CC(CC[N+]3(C)CCC(c4ccccc4)CC3)(c3ccc(Cl)c(Cl)c3)CCC2=O)c1.[I-]. The molecule has 1 amide bonds. The van der Waals surface area contributed by atoms with Crippen molar-refractivity contribution in [2.45, 2.75) is 63.8 Å². The van der Waals surface area contributed by atoms with Crippen molar-refractivity contribution in [3.63, 3.8) is 0 Å². The molecular formula is C34H41Cl2IN2O. The molecule has 2 heterocycles. The van der Waals surface area contributed by atoms with Crippen molar-refractivity contribution < 1.29 is 33.3 Å². The average molecular weight is 692 g/mol. The minimum Gasteiger partial charge on any atom is -1.00 e. The number of benzene rings is 3. The van der Waals surface area contributed by atoms with E-state index in [1.165, 1.54) is 53.7 Å². The van der Waals surface area contributed by atoms with Crippen LogP contribution in [-0.2, 0) is 16.8 Å². The van der Waals surface area contributed by atoms with E-state index in [0.717, 1.165) is 23.9 Å². The first kappa shape index (κ1) is 31.3. The van der Waals surface area contributed by atoms with Crippen LogP contribution in [-0.4, -0.2) is 48.5 Å². The summed E-state index contributed by atoms with van der Waals surface area (Å²) in [6.07, 6.45) is 4.87. The summed E-state index contributed by atoms with van der Waals surface area (Å²) in [6, 6.07) is 23.7. The third kappa shape index (κ3) is 7.24. The van der Waals surface area contributed by atoms with Gasteiger partial charge in [0.15, 0.2) is 0 Å². The van der Waals surface area contributed by atoms with Crippen LogP contribution in [0.3, 0.4) is 0 Å². The van der Waals surface area contributed by atoms with Crippen molar-refractivity contribution >= 4 is 29.1 Å². The second kappa shape index (κ2) is 13.1. The van der Waals surface area contributed by atoms with E-state index in [0.29, 0.717) is 35.5 Å². The molecule has 0 spiro atoms. The van der Waals surface area contributed by atoms with Crippen LogP contribution in [0.25, 0.3) is 0 Å². The summed E-state index contributed by atoms with van der Waals surface area (Å²) in [7, 11) is 2.42. The molecule has 1 atom stereocenters. The van der Waals surface area contributed by atoms with Gasteiger partial charge in [-0.25, -0.2) is 0 Å². The molecule has 0 bridgehead atoms. The van der Waals surface area contributed by atoms with Crippen molar-refractivity contribution in [1.82, 2.24) is 4.90 Å². The summed E-state index contributed by atoms with van der Waals surface area (Å²) in [5.74, 6) is 0.899. The van der Waals surface area contributed by atoms with E-state index < -0.39 is 0 Å². The quantitative estimate of drug-likeness (QED) is 0.250. The van der Waals surface area contributed by atoms with Crippen LogP contribution in [0.1, 0.15) is 65.8 Å². The van der Waals surface area contributed by atoms with E-state index >= 15 is 0 Å². The molecule has 0 saturated carbocycles. The largest absolute Gasteiger partial charge is 1.00 e. The predicted molar refractivity (Wildman–Crippen MR) is 163 cm³/mol. The number of hydrogen-bond acceptors (Lipinski definition) is 1. The molecule has 214 valence electrons. The summed E-state index contributed by atoms with van der Waals surface area (Å²) in [5.41, 5.74) is 6.22. The van der Waals surface area contributed by atoms with Crippen molar-refractivity contribution in [2.24, 2.45) is 0 Å². The molecule has 3 aromatic carbocycles. The average Bonchev–Trinajstić information content (AvgIpc) is 2.91. The summed E-state index contributed by atoms with van der Waals surface area (Å²) < 4.78 is 1.08. The number of aryl methyl sites for hydroxylation is 2. The number of quaternary nitrogens is 1. The first-order valence-electron chi connectivity index (χ1n) is 14.3. The molecule has 0 N–H and O–H groups in total. The monoisotopic (exact) mass is 690 g/mol. The summed E-state index contributed by atoms with van der Waals surface area (Å²) in [5, 5.41) is 1.17. The summed E-state index contributed by atoms with van der Waals surface area (Å²) in [6.45, 7) is 9.07. The highest BCUT2D eigenvalue weighted by Crippen LogP contribution is 2.42. The Morgan fingerprint density at radius 2 is 1.60 bits per heavy atom. The maximum Gasteiger partial charge on any atom is 0.222 e. The zero-order valence-electron chi connectivity index (χ0n) is 23.9. The van der Waals surface area contributed by atoms with Crippen LogP contribution in [0.4, 0.5) is 0 Å². The topological polar surface area (TPSA) is 20.3 Å². The number of nitrogens with zero attached hydrogens (tertiary/aromatic N) is 2. The van der Waals surface area contributed by atoms with Crippen molar-refractivity contribution in [3.8, 4) is 0 Å². The number of piperidine rings is 2. The van der Waals surface area contributed by atoms with Crippen LogP contribution in [0.5, 0.6) is 0 Å². The number of likely N-dealkylation sites (tertiary alicyclic amines) is 2. The highest BCUT2D eigenvalue weighted by atomic mass is 127. The molecule has 6 heteroatoms. The number of carbonyl (C=O) groups excluding carboxylic acids is 1. The molecule has 2 fully saturated rings. The van der Waals surface area contributed by atoms with Crippen molar-refractivity contribution in [2.75, 3.05) is 33.2 Å². The fourth-order valence-electron chi connectivity index (χ4n) is 6.93. The number of hydrogen-bond donors (Lipinski definition) is 0. The van der Waals surface area contributed by atoms with Crippen LogP contribution >= 0.6 is 23.2 Å². The van der Waals surface area contributed by atoms with Crippen LogP contribution in [0.15, 0.2) is 66.7 Å². The zero-order chi connectivity index (χ0) is 27.6. The van der Waals surface area contributed by atoms with Gasteiger partial charge < -0.3 is 33.4 Å². The van der Waals surface area contributed by atoms with E-state index in [9.17, 15) is 4.79 Å². The Hall–Kier alpha value is -1.60. The van der Waals surface area contributed by atoms with Gasteiger partial charge in [0, 0.05) is 44.2 Å². The molecule has 40 heavy (non-hydrogen) atoms. The fourth-order valence-corrected chi connectivity index (χ4v) is 7.23. The van der Waals surface area contributed by atoms with Crippen LogP contribution in [0.2, 0.25) is 10.0 Å². The lowest BCUT2D eigenvalue weighted by atomic mass is 9.71. The number of halogens is 3. The molecular weight excluding hydrogens is 650 g/mol. The van der Waals surface area contributed by atoms with Crippen LogP contribution in [0, 0.1) is 13.8 Å². The van der Waals surface area contributed by atoms with E-state index in [-0.39, 0.29) is 35.3 Å². The van der Waals surface area contributed by atoms with E-state index in [2.05, 4.69) is 86.5 Å². The van der Waals surface area contributed by atoms with Gasteiger partial charge >= 0.3 is 0 Å². The Balaban J connectivity index is 0.00000370. The third-order valence-electron chi connectivity index (χ3n) is 9.29. The van der Waals surface area contributed by atoms with E-state index in [1.54, 1.807) is 0 Å². The van der Waals surface area contributed by atoms with E-state index in [1.807, 2.05) is 6.07 Å². The molecule has 0 aliphatic carbocycles. The Morgan fingerprint density at radius 3 is 2.25 bits per heavy atom. The zero-order valence-corrected chi connectivity index (χ0v) is 27.6. The normalized spacial score (nSPS) is 25.0. The molecule has 0 radical (unpaired) electrons. The lowest BCUT2D eigenvalue weighted by Gasteiger charge is -2.47. The van der Waals surface area contributed by atoms with Gasteiger partial charge in [-0.15, -0.1) is 0 Å². The fraction of sp³-hybridized carbons (Fsp3) is 0.441. The first-order chi connectivity index (χ1) is 18.6. The van der Waals surface area contributed by atoms with Gasteiger partial charge in [0.2, 0.25) is 5.91 Å². The second-order valence-electron chi connectivity index (χ2n) is 12.4. The highest BCUT2D eigenvalue weighted by molar-refractivity contribution is 6.42. The second-order valence-corrected chi connectivity index (χ2v) is 13.2. The maximum absolute atomic E-state index is 13.2. The van der Waals surface area contributed by atoms with Gasteiger partial charge in [0.25, 0.3) is 0 Å².